The van der Waals surface area contributed by atoms with Crippen molar-refractivity contribution in [2.75, 3.05) is 26.7 Å². The van der Waals surface area contributed by atoms with Crippen molar-refractivity contribution in [3.63, 3.8) is 0 Å². The summed E-state index contributed by atoms with van der Waals surface area (Å²) in [7, 11) is 2.94. The fourth-order valence-corrected chi connectivity index (χ4v) is 3.06. The van der Waals surface area contributed by atoms with E-state index >= 15 is 0 Å². The zero-order valence-electron chi connectivity index (χ0n) is 15.3. The summed E-state index contributed by atoms with van der Waals surface area (Å²) < 4.78 is 8.47. The fraction of sp³-hybridized carbons (Fsp3) is 0.529. The van der Waals surface area contributed by atoms with Gasteiger partial charge < -0.3 is 14.2 Å². The molecule has 2 heterocycles. The van der Waals surface area contributed by atoms with E-state index in [1.165, 1.54) is 11.7 Å². The number of hydrogen-bond acceptors (Lipinski definition) is 6. The Balaban J connectivity index is 2.69. The summed E-state index contributed by atoms with van der Waals surface area (Å²) in [4.78, 5) is 31.3. The van der Waals surface area contributed by atoms with Crippen molar-refractivity contribution in [3.8, 4) is 0 Å². The maximum absolute atomic E-state index is 12.6. The van der Waals surface area contributed by atoms with Crippen LogP contribution >= 0.6 is 12.2 Å². The van der Waals surface area contributed by atoms with Gasteiger partial charge in [-0.1, -0.05) is 13.8 Å². The van der Waals surface area contributed by atoms with Crippen molar-refractivity contribution in [2.45, 2.75) is 27.3 Å². The van der Waals surface area contributed by atoms with Gasteiger partial charge >= 0.3 is 5.97 Å². The number of aryl methyl sites for hydroxylation is 1. The zero-order valence-corrected chi connectivity index (χ0v) is 16.1. The van der Waals surface area contributed by atoms with E-state index in [4.69, 9.17) is 17.0 Å². The topological polar surface area (TPSA) is 69.4 Å². The normalized spacial score (nSPS) is 11.3. The van der Waals surface area contributed by atoms with Crippen molar-refractivity contribution in [3.05, 3.63) is 32.4 Å². The SMILES string of the molecule is CCN(CC)CCn1c(=S)n(C)c(=O)c2cc(C(=O)OC)c(C)nc21. The van der Waals surface area contributed by atoms with E-state index in [9.17, 15) is 9.59 Å². The molecule has 0 aliphatic heterocycles. The second kappa shape index (κ2) is 7.88. The van der Waals surface area contributed by atoms with E-state index < -0.39 is 5.97 Å². The highest BCUT2D eigenvalue weighted by Gasteiger charge is 2.17. The zero-order chi connectivity index (χ0) is 18.7. The Morgan fingerprint density at radius 2 is 2.00 bits per heavy atom. The Morgan fingerprint density at radius 1 is 1.36 bits per heavy atom. The van der Waals surface area contributed by atoms with Crippen molar-refractivity contribution >= 4 is 29.2 Å². The molecule has 8 heteroatoms. The summed E-state index contributed by atoms with van der Waals surface area (Å²) in [6.45, 7) is 9.22. The van der Waals surface area contributed by atoms with Crippen LogP contribution in [0.15, 0.2) is 10.9 Å². The fourth-order valence-electron chi connectivity index (χ4n) is 2.79. The predicted molar refractivity (Wildman–Crippen MR) is 99.7 cm³/mol. The molecule has 0 aliphatic carbocycles. The van der Waals surface area contributed by atoms with Gasteiger partial charge in [0.2, 0.25) is 0 Å². The van der Waals surface area contributed by atoms with E-state index in [-0.39, 0.29) is 5.56 Å². The third kappa shape index (κ3) is 3.64. The van der Waals surface area contributed by atoms with Crippen LogP contribution in [0.3, 0.4) is 0 Å². The van der Waals surface area contributed by atoms with Gasteiger partial charge in [0.05, 0.1) is 23.8 Å². The molecular weight excluding hydrogens is 340 g/mol. The molecule has 136 valence electrons. The van der Waals surface area contributed by atoms with Crippen molar-refractivity contribution < 1.29 is 9.53 Å². The molecule has 7 nitrogen and oxygen atoms in total. The van der Waals surface area contributed by atoms with Crippen molar-refractivity contribution in [1.82, 2.24) is 19.0 Å². The van der Waals surface area contributed by atoms with Crippen LogP contribution in [0, 0.1) is 11.7 Å². The van der Waals surface area contributed by atoms with Crippen LogP contribution in [0.2, 0.25) is 0 Å². The molecule has 0 aromatic carbocycles. The number of rotatable bonds is 6. The average molecular weight is 364 g/mol. The van der Waals surface area contributed by atoms with Gasteiger partial charge in [-0.05, 0) is 38.3 Å². The van der Waals surface area contributed by atoms with Gasteiger partial charge in [0.25, 0.3) is 5.56 Å². The Kier molecular flexibility index (Phi) is 6.07. The summed E-state index contributed by atoms with van der Waals surface area (Å²) in [6.07, 6.45) is 0. The van der Waals surface area contributed by atoms with E-state index in [0.29, 0.717) is 33.6 Å². The first-order valence-electron chi connectivity index (χ1n) is 8.27. The molecule has 2 aromatic rings. The van der Waals surface area contributed by atoms with E-state index in [1.807, 2.05) is 4.57 Å². The van der Waals surface area contributed by atoms with Gasteiger partial charge in [0.15, 0.2) is 4.77 Å². The number of pyridine rings is 1. The van der Waals surface area contributed by atoms with E-state index in [0.717, 1.165) is 19.6 Å². The van der Waals surface area contributed by atoms with E-state index in [2.05, 4.69) is 23.7 Å². The molecule has 0 aliphatic rings. The molecule has 0 saturated heterocycles. The van der Waals surface area contributed by atoms with Crippen LogP contribution in [-0.4, -0.2) is 51.7 Å². The number of esters is 1. The third-order valence-electron chi connectivity index (χ3n) is 4.44. The lowest BCUT2D eigenvalue weighted by molar-refractivity contribution is 0.0599. The van der Waals surface area contributed by atoms with Crippen molar-refractivity contribution in [2.24, 2.45) is 7.05 Å². The van der Waals surface area contributed by atoms with E-state index in [1.54, 1.807) is 20.0 Å². The summed E-state index contributed by atoms with van der Waals surface area (Å²) >= 11 is 5.46. The van der Waals surface area contributed by atoms with Gasteiger partial charge in [-0.3, -0.25) is 9.36 Å². The molecule has 0 fully saturated rings. The second-order valence-electron chi connectivity index (χ2n) is 5.81. The standard InChI is InChI=1S/C17H24N4O3S/c1-6-20(7-2)8-9-21-14-13(15(22)19(4)17(21)25)10-12(11(3)18-14)16(23)24-5/h10H,6-9H2,1-5H3. The number of likely N-dealkylation sites (N-methyl/N-ethyl adjacent to an activating group) is 1. The molecule has 0 bridgehead atoms. The van der Waals surface area contributed by atoms with Crippen LogP contribution in [0.1, 0.15) is 29.9 Å². The number of ether oxygens (including phenoxy) is 1. The highest BCUT2D eigenvalue weighted by Crippen LogP contribution is 2.15. The highest BCUT2D eigenvalue weighted by molar-refractivity contribution is 7.71. The van der Waals surface area contributed by atoms with Crippen LogP contribution in [-0.2, 0) is 18.3 Å². The first kappa shape index (κ1) is 19.3. The Bertz CT molecular complexity index is 913. The molecule has 0 saturated carbocycles. The minimum Gasteiger partial charge on any atom is -0.465 e. The second-order valence-corrected chi connectivity index (χ2v) is 6.17. The molecule has 0 atom stereocenters. The van der Waals surface area contributed by atoms with Crippen molar-refractivity contribution in [1.29, 1.82) is 0 Å². The average Bonchev–Trinajstić information content (AvgIpc) is 2.62. The highest BCUT2D eigenvalue weighted by atomic mass is 32.1. The number of hydrogen-bond donors (Lipinski definition) is 0. The first-order chi connectivity index (χ1) is 11.8. The number of methoxy groups -OCH3 is 1. The molecule has 2 aromatic heterocycles. The predicted octanol–water partition coefficient (Wildman–Crippen LogP) is 1.90. The lowest BCUT2D eigenvalue weighted by atomic mass is 10.1. The summed E-state index contributed by atoms with van der Waals surface area (Å²) in [5, 5.41) is 0.363. The molecular formula is C17H24N4O3S. The van der Waals surface area contributed by atoms with Gasteiger partial charge in [-0.2, -0.15) is 0 Å². The molecule has 0 N–H and O–H groups in total. The maximum Gasteiger partial charge on any atom is 0.339 e. The molecule has 25 heavy (non-hydrogen) atoms. The number of fused-ring (bicyclic) bond motifs is 1. The Morgan fingerprint density at radius 3 is 2.56 bits per heavy atom. The summed E-state index contributed by atoms with van der Waals surface area (Å²) in [5.74, 6) is -0.508. The van der Waals surface area contributed by atoms with Crippen LogP contribution in [0.25, 0.3) is 11.0 Å². The lowest BCUT2D eigenvalue weighted by Gasteiger charge is -2.20. The number of aromatic nitrogens is 3. The minimum absolute atomic E-state index is 0.267. The maximum atomic E-state index is 12.6. The van der Waals surface area contributed by atoms with Gasteiger partial charge in [0, 0.05) is 20.1 Å². The molecule has 2 rings (SSSR count). The Hall–Kier alpha value is -2.06. The largest absolute Gasteiger partial charge is 0.465 e. The smallest absolute Gasteiger partial charge is 0.339 e. The lowest BCUT2D eigenvalue weighted by Crippen LogP contribution is -2.30. The third-order valence-corrected chi connectivity index (χ3v) is 4.94. The van der Waals surface area contributed by atoms with Gasteiger partial charge in [0.1, 0.15) is 5.65 Å². The quantitative estimate of drug-likeness (QED) is 0.576. The van der Waals surface area contributed by atoms with Gasteiger partial charge in [-0.15, -0.1) is 0 Å². The number of carbonyl (C=O) groups is 1. The van der Waals surface area contributed by atoms with Crippen LogP contribution in [0.4, 0.5) is 0 Å². The minimum atomic E-state index is -0.508. The number of carbonyl (C=O) groups excluding carboxylic acids is 1. The molecule has 0 amide bonds. The van der Waals surface area contributed by atoms with Crippen LogP contribution < -0.4 is 5.56 Å². The molecule has 0 unspecified atom stereocenters. The summed E-state index contributed by atoms with van der Waals surface area (Å²) in [6, 6.07) is 1.55. The van der Waals surface area contributed by atoms with Gasteiger partial charge in [-0.25, -0.2) is 9.78 Å². The number of nitrogens with zero attached hydrogens (tertiary/aromatic N) is 4. The Labute approximate surface area is 151 Å². The van der Waals surface area contributed by atoms with Crippen LogP contribution in [0.5, 0.6) is 0 Å². The molecule has 0 radical (unpaired) electrons. The summed E-state index contributed by atoms with van der Waals surface area (Å²) in [5.41, 5.74) is 1.04. The monoisotopic (exact) mass is 364 g/mol. The molecule has 0 spiro atoms. The first-order valence-corrected chi connectivity index (χ1v) is 8.68.